The van der Waals surface area contributed by atoms with Crippen LogP contribution in [0.3, 0.4) is 0 Å². The van der Waals surface area contributed by atoms with Crippen LogP contribution in [0.2, 0.25) is 0 Å². The maximum absolute atomic E-state index is 14.0. The van der Waals surface area contributed by atoms with E-state index in [1.165, 1.54) is 25.3 Å². The molecule has 0 saturated carbocycles. The van der Waals surface area contributed by atoms with Crippen LogP contribution in [-0.4, -0.2) is 29.2 Å². The van der Waals surface area contributed by atoms with Gasteiger partial charge in [-0.2, -0.15) is 5.06 Å². The van der Waals surface area contributed by atoms with Gasteiger partial charge in [0.1, 0.15) is 17.4 Å². The summed E-state index contributed by atoms with van der Waals surface area (Å²) in [4.78, 5) is 23.5. The second-order valence-corrected chi connectivity index (χ2v) is 5.02. The number of hydrogen-bond donors (Lipinski definition) is 1. The number of imide groups is 1. The average molecular weight is 319 g/mol. The first-order valence-electron chi connectivity index (χ1n) is 6.65. The molecule has 118 valence electrons. The minimum absolute atomic E-state index is 0.0416. The fourth-order valence-electron chi connectivity index (χ4n) is 2.52. The Morgan fingerprint density at radius 1 is 1.09 bits per heavy atom. The molecule has 0 aliphatic carbocycles. The van der Waals surface area contributed by atoms with Gasteiger partial charge >= 0.3 is 0 Å². The average Bonchev–Trinajstić information content (AvgIpc) is 2.52. The smallest absolute Gasteiger partial charge is 0.285 e. The van der Waals surface area contributed by atoms with E-state index in [2.05, 4.69) is 0 Å². The molecule has 0 fully saturated rings. The topological polar surface area (TPSA) is 66.8 Å². The third kappa shape index (κ3) is 2.44. The molecular formula is C16H11F2NO4. The lowest BCUT2D eigenvalue weighted by molar-refractivity contribution is -0.153. The van der Waals surface area contributed by atoms with Crippen molar-refractivity contribution >= 4 is 11.8 Å². The summed E-state index contributed by atoms with van der Waals surface area (Å²) < 4.78 is 32.3. The van der Waals surface area contributed by atoms with Crippen LogP contribution in [-0.2, 0) is 11.2 Å². The van der Waals surface area contributed by atoms with Gasteiger partial charge in [0.05, 0.1) is 13.5 Å². The quantitative estimate of drug-likeness (QED) is 0.682. The number of fused-ring (bicyclic) bond motifs is 1. The van der Waals surface area contributed by atoms with Crippen molar-refractivity contribution in [3.05, 3.63) is 53.1 Å². The molecule has 0 bridgehead atoms. The van der Waals surface area contributed by atoms with Crippen molar-refractivity contribution in [1.29, 1.82) is 0 Å². The highest BCUT2D eigenvalue weighted by atomic mass is 19.1. The number of nitrogens with zero attached hydrogens (tertiary/aromatic N) is 1. The molecule has 0 radical (unpaired) electrons. The van der Waals surface area contributed by atoms with Gasteiger partial charge in [-0.05, 0) is 29.8 Å². The van der Waals surface area contributed by atoms with E-state index in [4.69, 9.17) is 4.74 Å². The standard InChI is InChI=1S/C16H11F2NO4/c1-23-14-7-11-8(5-15(20)19(22)16(11)21)4-12(14)10-3-2-9(17)6-13(10)18/h2-4,6-7,22H,5H2,1H3. The van der Waals surface area contributed by atoms with Gasteiger partial charge in [0.15, 0.2) is 0 Å². The zero-order valence-electron chi connectivity index (χ0n) is 12.0. The molecule has 2 amide bonds. The van der Waals surface area contributed by atoms with Crippen LogP contribution in [0.25, 0.3) is 11.1 Å². The predicted octanol–water partition coefficient (Wildman–Crippen LogP) is 2.55. The summed E-state index contributed by atoms with van der Waals surface area (Å²) in [6.07, 6.45) is -0.211. The van der Waals surface area contributed by atoms with Crippen LogP contribution in [0.1, 0.15) is 15.9 Å². The Hall–Kier alpha value is -2.80. The minimum atomic E-state index is -0.874. The fourth-order valence-corrected chi connectivity index (χ4v) is 2.52. The highest BCUT2D eigenvalue weighted by molar-refractivity contribution is 6.09. The van der Waals surface area contributed by atoms with Crippen LogP contribution >= 0.6 is 0 Å². The van der Waals surface area contributed by atoms with Crippen LogP contribution < -0.4 is 4.74 Å². The second-order valence-electron chi connectivity index (χ2n) is 5.02. The van der Waals surface area contributed by atoms with Crippen LogP contribution in [0.5, 0.6) is 5.75 Å². The molecule has 23 heavy (non-hydrogen) atoms. The summed E-state index contributed by atoms with van der Waals surface area (Å²) in [6, 6.07) is 5.85. The molecule has 1 heterocycles. The Balaban J connectivity index is 2.21. The molecule has 7 heteroatoms. The van der Waals surface area contributed by atoms with Crippen molar-refractivity contribution in [3.63, 3.8) is 0 Å². The van der Waals surface area contributed by atoms with Crippen molar-refractivity contribution < 1.29 is 28.3 Å². The summed E-state index contributed by atoms with van der Waals surface area (Å²) >= 11 is 0. The Labute approximate surface area is 129 Å². The van der Waals surface area contributed by atoms with E-state index < -0.39 is 23.4 Å². The van der Waals surface area contributed by atoms with Crippen LogP contribution in [0.15, 0.2) is 30.3 Å². The van der Waals surface area contributed by atoms with Crippen LogP contribution in [0.4, 0.5) is 8.78 Å². The van der Waals surface area contributed by atoms with E-state index in [-0.39, 0.29) is 33.9 Å². The first kappa shape index (κ1) is 15.1. The summed E-state index contributed by atoms with van der Waals surface area (Å²) in [5, 5.41) is 9.45. The lowest BCUT2D eigenvalue weighted by atomic mass is 9.93. The number of halogens is 2. The number of amides is 2. The van der Waals surface area contributed by atoms with Crippen LogP contribution in [0, 0.1) is 11.6 Å². The van der Waals surface area contributed by atoms with E-state index in [9.17, 15) is 23.6 Å². The Bertz CT molecular complexity index is 835. The first-order chi connectivity index (χ1) is 10.9. The molecule has 1 aliphatic heterocycles. The largest absolute Gasteiger partial charge is 0.496 e. The number of methoxy groups -OCH3 is 1. The Morgan fingerprint density at radius 3 is 2.48 bits per heavy atom. The first-order valence-corrected chi connectivity index (χ1v) is 6.65. The number of hydrogen-bond acceptors (Lipinski definition) is 4. The monoisotopic (exact) mass is 319 g/mol. The second kappa shape index (κ2) is 5.44. The Morgan fingerprint density at radius 2 is 1.83 bits per heavy atom. The SMILES string of the molecule is COc1cc2c(cc1-c1ccc(F)cc1F)CC(=O)N(O)C2=O. The van der Waals surface area contributed by atoms with Gasteiger partial charge in [-0.1, -0.05) is 0 Å². The number of carbonyl (C=O) groups is 2. The lowest BCUT2D eigenvalue weighted by Crippen LogP contribution is -2.39. The zero-order chi connectivity index (χ0) is 16.7. The number of hydroxylamine groups is 2. The van der Waals surface area contributed by atoms with E-state index in [1.54, 1.807) is 0 Å². The van der Waals surface area contributed by atoms with Gasteiger partial charge in [-0.3, -0.25) is 14.8 Å². The third-order valence-electron chi connectivity index (χ3n) is 3.65. The molecule has 3 rings (SSSR count). The molecule has 2 aromatic rings. The normalized spacial score (nSPS) is 14.0. The molecular weight excluding hydrogens is 308 g/mol. The molecule has 0 saturated heterocycles. The molecule has 2 aromatic carbocycles. The van der Waals surface area contributed by atoms with Gasteiger partial charge in [0.2, 0.25) is 0 Å². The molecule has 0 spiro atoms. The van der Waals surface area contributed by atoms with E-state index in [0.717, 1.165) is 12.1 Å². The summed E-state index contributed by atoms with van der Waals surface area (Å²) in [7, 11) is 1.34. The number of ether oxygens (including phenoxy) is 1. The van der Waals surface area contributed by atoms with Crippen molar-refractivity contribution in [2.24, 2.45) is 0 Å². The van der Waals surface area contributed by atoms with Crippen molar-refractivity contribution in [3.8, 4) is 16.9 Å². The molecule has 5 nitrogen and oxygen atoms in total. The van der Waals surface area contributed by atoms with Crippen molar-refractivity contribution in [1.82, 2.24) is 5.06 Å². The number of carbonyl (C=O) groups excluding carboxylic acids is 2. The molecule has 1 N–H and O–H groups in total. The summed E-state index contributed by atoms with van der Waals surface area (Å²) in [6.45, 7) is 0. The van der Waals surface area contributed by atoms with E-state index in [1.807, 2.05) is 0 Å². The van der Waals surface area contributed by atoms with Gasteiger partial charge < -0.3 is 4.74 Å². The molecule has 0 aromatic heterocycles. The maximum atomic E-state index is 14.0. The summed E-state index contributed by atoms with van der Waals surface area (Å²) in [5.74, 6) is -2.99. The number of rotatable bonds is 2. The van der Waals surface area contributed by atoms with Crippen molar-refractivity contribution in [2.45, 2.75) is 6.42 Å². The lowest BCUT2D eigenvalue weighted by Gasteiger charge is -2.23. The highest BCUT2D eigenvalue weighted by Crippen LogP contribution is 2.36. The Kier molecular flexibility index (Phi) is 3.57. The zero-order valence-corrected chi connectivity index (χ0v) is 12.0. The fraction of sp³-hybridized carbons (Fsp3) is 0.125. The van der Waals surface area contributed by atoms with E-state index in [0.29, 0.717) is 5.56 Å². The molecule has 0 atom stereocenters. The van der Waals surface area contributed by atoms with Gasteiger partial charge in [0, 0.05) is 22.8 Å². The summed E-state index contributed by atoms with van der Waals surface area (Å²) in [5.41, 5.74) is 0.799. The van der Waals surface area contributed by atoms with Gasteiger partial charge in [-0.15, -0.1) is 0 Å². The number of benzene rings is 2. The highest BCUT2D eigenvalue weighted by Gasteiger charge is 2.31. The maximum Gasteiger partial charge on any atom is 0.285 e. The molecule has 0 unspecified atom stereocenters. The third-order valence-corrected chi connectivity index (χ3v) is 3.65. The van der Waals surface area contributed by atoms with Gasteiger partial charge in [-0.25, -0.2) is 8.78 Å². The molecule has 1 aliphatic rings. The van der Waals surface area contributed by atoms with Crippen molar-refractivity contribution in [2.75, 3.05) is 7.11 Å². The van der Waals surface area contributed by atoms with E-state index >= 15 is 0 Å². The predicted molar refractivity (Wildman–Crippen MR) is 75.0 cm³/mol. The minimum Gasteiger partial charge on any atom is -0.496 e. The van der Waals surface area contributed by atoms with Gasteiger partial charge in [0.25, 0.3) is 11.8 Å².